The number of unbranched alkanes of at least 4 members (excludes halogenated alkanes) is 2. The van der Waals surface area contributed by atoms with Gasteiger partial charge in [0, 0.05) is 24.4 Å². The summed E-state index contributed by atoms with van der Waals surface area (Å²) in [5.41, 5.74) is 1.68. The molecule has 0 saturated heterocycles. The Morgan fingerprint density at radius 2 is 1.74 bits per heavy atom. The second-order valence-electron chi connectivity index (χ2n) is 8.42. The molecular weight excluding hydrogens is 412 g/mol. The summed E-state index contributed by atoms with van der Waals surface area (Å²) in [5, 5.41) is 0.380. The second kappa shape index (κ2) is 12.0. The van der Waals surface area contributed by atoms with Gasteiger partial charge >= 0.3 is 12.0 Å². The standard InChI is InChI=1S/C25H33ClN2O3/c1-3-5-6-7-18-8-10-19(11-9-18)17-30-25-27-15-21(16-28-25)20-12-13-23(22(26)14-20)31-24(29)4-2/h12-16,18-19H,3-11,17H2,1-2H3/t18-,19-. The third kappa shape index (κ3) is 7.20. The Labute approximate surface area is 190 Å². The Hall–Kier alpha value is -2.14. The maximum absolute atomic E-state index is 11.5. The van der Waals surface area contributed by atoms with E-state index in [-0.39, 0.29) is 5.97 Å². The summed E-state index contributed by atoms with van der Waals surface area (Å²) in [6.07, 6.45) is 14.3. The first-order valence-corrected chi connectivity index (χ1v) is 11.9. The third-order valence-electron chi connectivity index (χ3n) is 6.04. The molecule has 2 aromatic rings. The number of carbonyl (C=O) groups is 1. The van der Waals surface area contributed by atoms with Crippen LogP contribution < -0.4 is 9.47 Å². The molecule has 0 amide bonds. The molecular formula is C25H33ClN2O3. The number of halogens is 1. The van der Waals surface area contributed by atoms with E-state index in [1.165, 1.54) is 51.4 Å². The van der Waals surface area contributed by atoms with Crippen LogP contribution in [0.3, 0.4) is 0 Å². The predicted octanol–water partition coefficient (Wildman–Crippen LogP) is 6.88. The molecule has 1 fully saturated rings. The highest BCUT2D eigenvalue weighted by molar-refractivity contribution is 6.32. The van der Waals surface area contributed by atoms with E-state index in [2.05, 4.69) is 16.9 Å². The first-order valence-electron chi connectivity index (χ1n) is 11.5. The lowest BCUT2D eigenvalue weighted by molar-refractivity contribution is -0.134. The molecule has 0 radical (unpaired) electrons. The third-order valence-corrected chi connectivity index (χ3v) is 6.33. The summed E-state index contributed by atoms with van der Waals surface area (Å²) >= 11 is 6.25. The lowest BCUT2D eigenvalue weighted by Gasteiger charge is -2.28. The highest BCUT2D eigenvalue weighted by atomic mass is 35.5. The molecule has 1 aliphatic rings. The zero-order chi connectivity index (χ0) is 22.1. The van der Waals surface area contributed by atoms with Crippen LogP contribution in [0.2, 0.25) is 5.02 Å². The van der Waals surface area contributed by atoms with Gasteiger partial charge in [-0.15, -0.1) is 0 Å². The van der Waals surface area contributed by atoms with E-state index >= 15 is 0 Å². The second-order valence-corrected chi connectivity index (χ2v) is 8.83. The topological polar surface area (TPSA) is 61.3 Å². The van der Waals surface area contributed by atoms with Gasteiger partial charge in [-0.1, -0.05) is 70.0 Å². The first-order chi connectivity index (χ1) is 15.1. The Bertz CT molecular complexity index is 833. The van der Waals surface area contributed by atoms with Crippen LogP contribution in [0, 0.1) is 11.8 Å². The molecule has 0 N–H and O–H groups in total. The average molecular weight is 445 g/mol. The Morgan fingerprint density at radius 1 is 1.03 bits per heavy atom. The molecule has 1 saturated carbocycles. The van der Waals surface area contributed by atoms with Gasteiger partial charge in [-0.2, -0.15) is 0 Å². The van der Waals surface area contributed by atoms with Crippen molar-refractivity contribution in [2.24, 2.45) is 11.8 Å². The number of aromatic nitrogens is 2. The van der Waals surface area contributed by atoms with E-state index in [0.29, 0.717) is 35.7 Å². The number of ether oxygens (including phenoxy) is 2. The molecule has 1 heterocycles. The quantitative estimate of drug-likeness (QED) is 0.227. The fourth-order valence-corrected chi connectivity index (χ4v) is 4.28. The van der Waals surface area contributed by atoms with Crippen LogP contribution in [0.25, 0.3) is 11.1 Å². The minimum Gasteiger partial charge on any atom is -0.463 e. The van der Waals surface area contributed by atoms with Gasteiger partial charge in [0.25, 0.3) is 0 Å². The van der Waals surface area contributed by atoms with Crippen molar-refractivity contribution in [2.45, 2.75) is 71.6 Å². The maximum Gasteiger partial charge on any atom is 0.316 e. The molecule has 0 atom stereocenters. The number of benzene rings is 1. The molecule has 1 aromatic carbocycles. The van der Waals surface area contributed by atoms with Gasteiger partial charge in [0.2, 0.25) is 0 Å². The van der Waals surface area contributed by atoms with Crippen molar-refractivity contribution in [3.05, 3.63) is 35.6 Å². The molecule has 31 heavy (non-hydrogen) atoms. The van der Waals surface area contributed by atoms with Crippen LogP contribution in [0.1, 0.15) is 71.6 Å². The largest absolute Gasteiger partial charge is 0.463 e. The average Bonchev–Trinajstić information content (AvgIpc) is 2.80. The van der Waals surface area contributed by atoms with Gasteiger partial charge in [-0.25, -0.2) is 9.97 Å². The summed E-state index contributed by atoms with van der Waals surface area (Å²) < 4.78 is 11.1. The molecule has 1 aliphatic carbocycles. The summed E-state index contributed by atoms with van der Waals surface area (Å²) in [6, 6.07) is 5.68. The smallest absolute Gasteiger partial charge is 0.316 e. The van der Waals surface area contributed by atoms with Crippen molar-refractivity contribution >= 4 is 17.6 Å². The number of hydrogen-bond acceptors (Lipinski definition) is 5. The van der Waals surface area contributed by atoms with Crippen LogP contribution in [-0.2, 0) is 4.79 Å². The van der Waals surface area contributed by atoms with Gasteiger partial charge < -0.3 is 9.47 Å². The van der Waals surface area contributed by atoms with Crippen LogP contribution >= 0.6 is 11.6 Å². The van der Waals surface area contributed by atoms with E-state index in [1.54, 1.807) is 31.5 Å². The van der Waals surface area contributed by atoms with Crippen molar-refractivity contribution < 1.29 is 14.3 Å². The Balaban J connectivity index is 1.47. The molecule has 1 aromatic heterocycles. The summed E-state index contributed by atoms with van der Waals surface area (Å²) in [6.45, 7) is 4.69. The van der Waals surface area contributed by atoms with E-state index in [9.17, 15) is 4.79 Å². The predicted molar refractivity (Wildman–Crippen MR) is 123 cm³/mol. The highest BCUT2D eigenvalue weighted by Gasteiger charge is 2.21. The van der Waals surface area contributed by atoms with E-state index < -0.39 is 0 Å². The molecule has 6 heteroatoms. The van der Waals surface area contributed by atoms with Crippen LogP contribution in [-0.4, -0.2) is 22.5 Å². The van der Waals surface area contributed by atoms with Crippen molar-refractivity contribution in [2.75, 3.05) is 6.61 Å². The van der Waals surface area contributed by atoms with Crippen LogP contribution in [0.4, 0.5) is 0 Å². The summed E-state index contributed by atoms with van der Waals surface area (Å²) in [5.74, 6) is 1.55. The minimum absolute atomic E-state index is 0.299. The van der Waals surface area contributed by atoms with Gasteiger partial charge in [0.15, 0.2) is 0 Å². The molecule has 0 aliphatic heterocycles. The lowest BCUT2D eigenvalue weighted by atomic mass is 9.80. The number of esters is 1. The lowest BCUT2D eigenvalue weighted by Crippen LogP contribution is -2.20. The van der Waals surface area contributed by atoms with Crippen LogP contribution in [0.5, 0.6) is 11.8 Å². The van der Waals surface area contributed by atoms with Gasteiger partial charge in [-0.3, -0.25) is 4.79 Å². The fourth-order valence-electron chi connectivity index (χ4n) is 4.06. The van der Waals surface area contributed by atoms with E-state index in [1.807, 2.05) is 6.07 Å². The zero-order valence-corrected chi connectivity index (χ0v) is 19.4. The fraction of sp³-hybridized carbons (Fsp3) is 0.560. The van der Waals surface area contributed by atoms with Crippen molar-refractivity contribution in [3.63, 3.8) is 0 Å². The molecule has 0 spiro atoms. The normalized spacial score (nSPS) is 18.5. The number of hydrogen-bond donors (Lipinski definition) is 0. The number of carbonyl (C=O) groups excluding carboxylic acids is 1. The highest BCUT2D eigenvalue weighted by Crippen LogP contribution is 2.33. The molecule has 3 rings (SSSR count). The molecule has 5 nitrogen and oxygen atoms in total. The Kier molecular flexibility index (Phi) is 9.13. The van der Waals surface area contributed by atoms with Crippen LogP contribution in [0.15, 0.2) is 30.6 Å². The minimum atomic E-state index is -0.315. The zero-order valence-electron chi connectivity index (χ0n) is 18.6. The van der Waals surface area contributed by atoms with Gasteiger partial charge in [0.05, 0.1) is 11.6 Å². The molecule has 168 valence electrons. The van der Waals surface area contributed by atoms with E-state index in [0.717, 1.165) is 17.0 Å². The summed E-state index contributed by atoms with van der Waals surface area (Å²) in [4.78, 5) is 20.2. The van der Waals surface area contributed by atoms with Crippen molar-refractivity contribution in [1.29, 1.82) is 0 Å². The van der Waals surface area contributed by atoms with Gasteiger partial charge in [-0.05, 0) is 42.4 Å². The first kappa shape index (κ1) is 23.5. The summed E-state index contributed by atoms with van der Waals surface area (Å²) in [7, 11) is 0. The monoisotopic (exact) mass is 444 g/mol. The molecule has 0 bridgehead atoms. The van der Waals surface area contributed by atoms with Crippen molar-refractivity contribution in [1.82, 2.24) is 9.97 Å². The van der Waals surface area contributed by atoms with Gasteiger partial charge in [0.1, 0.15) is 5.75 Å². The SMILES string of the molecule is CCCCC[C@H]1CC[C@H](COc2ncc(-c3ccc(OC(=O)CC)c(Cl)c3)cn2)CC1. The Morgan fingerprint density at radius 3 is 2.39 bits per heavy atom. The number of nitrogens with zero attached hydrogens (tertiary/aromatic N) is 2. The molecule has 0 unspecified atom stereocenters. The van der Waals surface area contributed by atoms with Crippen molar-refractivity contribution in [3.8, 4) is 22.9 Å². The maximum atomic E-state index is 11.5. The number of rotatable bonds is 10. The van der Waals surface area contributed by atoms with E-state index in [4.69, 9.17) is 21.1 Å².